The van der Waals surface area contributed by atoms with Crippen molar-refractivity contribution in [1.82, 2.24) is 34.7 Å². The molecule has 0 aliphatic rings. The van der Waals surface area contributed by atoms with E-state index >= 15 is 0 Å². The monoisotopic (exact) mass is 529 g/mol. The Bertz CT molecular complexity index is 1460. The second-order valence-electron chi connectivity index (χ2n) is 8.21. The molecular formula is C23H27N7O6S. The van der Waals surface area contributed by atoms with Crippen LogP contribution < -0.4 is 9.47 Å². The molecule has 0 amide bonds. The topological polar surface area (TPSA) is 157 Å². The highest BCUT2D eigenvalue weighted by Crippen LogP contribution is 2.35. The number of ether oxygens (including phenoxy) is 3. The van der Waals surface area contributed by atoms with Gasteiger partial charge >= 0.3 is 0 Å². The van der Waals surface area contributed by atoms with Crippen LogP contribution in [0.4, 0.5) is 0 Å². The number of hydrogen-bond acceptors (Lipinski definition) is 12. The van der Waals surface area contributed by atoms with Gasteiger partial charge in [-0.2, -0.15) is 9.97 Å². The summed E-state index contributed by atoms with van der Waals surface area (Å²) in [6.07, 6.45) is 3.58. The van der Waals surface area contributed by atoms with E-state index in [1.54, 1.807) is 31.5 Å². The van der Waals surface area contributed by atoms with E-state index < -0.39 is 26.9 Å². The second kappa shape index (κ2) is 10.6. The van der Waals surface area contributed by atoms with Crippen LogP contribution in [0.1, 0.15) is 36.0 Å². The first-order chi connectivity index (χ1) is 17.7. The molecule has 0 bridgehead atoms. The fourth-order valence-electron chi connectivity index (χ4n) is 3.75. The summed E-state index contributed by atoms with van der Waals surface area (Å²) in [6, 6.07) is 3.46. The van der Waals surface area contributed by atoms with Crippen LogP contribution in [0.2, 0.25) is 0 Å². The van der Waals surface area contributed by atoms with Crippen molar-refractivity contribution in [2.24, 2.45) is 0 Å². The van der Waals surface area contributed by atoms with Crippen LogP contribution in [0.25, 0.3) is 17.3 Å². The summed E-state index contributed by atoms with van der Waals surface area (Å²) in [7, 11) is 0.368. The van der Waals surface area contributed by atoms with Gasteiger partial charge in [0.15, 0.2) is 32.9 Å². The minimum atomic E-state index is -3.90. The van der Waals surface area contributed by atoms with E-state index in [4.69, 9.17) is 18.6 Å². The summed E-state index contributed by atoms with van der Waals surface area (Å²) in [4.78, 5) is 16.8. The molecule has 4 aromatic heterocycles. The maximum Gasteiger partial charge on any atom is 0.245 e. The molecule has 4 heterocycles. The third-order valence-corrected chi connectivity index (χ3v) is 7.73. The van der Waals surface area contributed by atoms with Crippen molar-refractivity contribution in [3.8, 4) is 29.0 Å². The van der Waals surface area contributed by atoms with Crippen LogP contribution in [0.5, 0.6) is 11.8 Å². The number of aromatic nitrogens is 7. The fourth-order valence-corrected chi connectivity index (χ4v) is 5.17. The third kappa shape index (κ3) is 5.15. The van der Waals surface area contributed by atoms with Gasteiger partial charge in [0, 0.05) is 19.5 Å². The number of furan rings is 1. The zero-order valence-corrected chi connectivity index (χ0v) is 22.1. The summed E-state index contributed by atoms with van der Waals surface area (Å²) in [5.41, 5.74) is 1.07. The number of nitrogens with zero attached hydrogens (tertiary/aromatic N) is 7. The highest BCUT2D eigenvalue weighted by molar-refractivity contribution is 7.91. The third-order valence-electron chi connectivity index (χ3n) is 5.69. The highest BCUT2D eigenvalue weighted by Gasteiger charge is 2.35. The molecule has 0 saturated carbocycles. The average molecular weight is 530 g/mol. The predicted octanol–water partition coefficient (Wildman–Crippen LogP) is 2.43. The van der Waals surface area contributed by atoms with E-state index in [-0.39, 0.29) is 34.9 Å². The minimum absolute atomic E-state index is 0.0713. The summed E-state index contributed by atoms with van der Waals surface area (Å²) >= 11 is 0. The number of hydrogen-bond donors (Lipinski definition) is 0. The largest absolute Gasteiger partial charge is 0.479 e. The Morgan fingerprint density at radius 3 is 2.16 bits per heavy atom. The first-order valence-corrected chi connectivity index (χ1v) is 12.9. The fraction of sp³-hybridized carbons (Fsp3) is 0.391. The molecule has 0 aliphatic carbocycles. The number of methoxy groups -OCH3 is 3. The first kappa shape index (κ1) is 26.2. The Labute approximate surface area is 213 Å². The molecule has 0 N–H and O–H groups in total. The van der Waals surface area contributed by atoms with Gasteiger partial charge in [-0.05, 0) is 38.5 Å². The zero-order valence-electron chi connectivity index (χ0n) is 21.2. The van der Waals surface area contributed by atoms with E-state index in [2.05, 4.69) is 30.1 Å². The standard InChI is InChI=1S/C23H27N7O6S/c1-13-9-24-20(25-10-13)19(33-4)15(3)37(31,32)11-17-28-29-21(16-8-7-14(2)36-16)30(17)18-22(34-5)26-12-27-23(18)35-6/h7-10,12,15,19H,11H2,1-6H3/t15-,19-/m0/s1. The lowest BCUT2D eigenvalue weighted by molar-refractivity contribution is 0.0947. The number of aryl methyl sites for hydroxylation is 2. The Kier molecular flexibility index (Phi) is 7.50. The van der Waals surface area contributed by atoms with Crippen molar-refractivity contribution in [2.75, 3.05) is 21.3 Å². The molecule has 0 saturated heterocycles. The predicted molar refractivity (Wildman–Crippen MR) is 131 cm³/mol. The Hall–Kier alpha value is -3.91. The van der Waals surface area contributed by atoms with Crippen LogP contribution in [-0.2, 0) is 20.3 Å². The van der Waals surface area contributed by atoms with E-state index in [1.165, 1.54) is 39.1 Å². The molecule has 4 aromatic rings. The van der Waals surface area contributed by atoms with Crippen molar-refractivity contribution >= 4 is 9.84 Å². The van der Waals surface area contributed by atoms with Crippen LogP contribution in [-0.4, -0.2) is 69.7 Å². The van der Waals surface area contributed by atoms with Crippen molar-refractivity contribution in [3.05, 3.63) is 53.8 Å². The van der Waals surface area contributed by atoms with Gasteiger partial charge < -0.3 is 18.6 Å². The maximum atomic E-state index is 13.6. The minimum Gasteiger partial charge on any atom is -0.479 e. The van der Waals surface area contributed by atoms with Crippen LogP contribution >= 0.6 is 0 Å². The van der Waals surface area contributed by atoms with Gasteiger partial charge in [0.05, 0.1) is 19.5 Å². The van der Waals surface area contributed by atoms with Gasteiger partial charge in [0.2, 0.25) is 17.6 Å². The maximum absolute atomic E-state index is 13.6. The second-order valence-corrected chi connectivity index (χ2v) is 10.6. The molecule has 0 fully saturated rings. The smallest absolute Gasteiger partial charge is 0.245 e. The van der Waals surface area contributed by atoms with Gasteiger partial charge in [-0.25, -0.2) is 18.4 Å². The average Bonchev–Trinajstić information content (AvgIpc) is 3.50. The summed E-state index contributed by atoms with van der Waals surface area (Å²) in [5.74, 6) is 1.31. The molecule has 0 aliphatic heterocycles. The normalized spacial score (nSPS) is 13.4. The van der Waals surface area contributed by atoms with E-state index in [0.29, 0.717) is 11.5 Å². The molecule has 14 heteroatoms. The van der Waals surface area contributed by atoms with Crippen LogP contribution in [0.3, 0.4) is 0 Å². The first-order valence-electron chi connectivity index (χ1n) is 11.2. The van der Waals surface area contributed by atoms with Gasteiger partial charge in [0.25, 0.3) is 0 Å². The molecule has 2 atom stereocenters. The van der Waals surface area contributed by atoms with Crippen molar-refractivity contribution in [3.63, 3.8) is 0 Å². The highest BCUT2D eigenvalue weighted by atomic mass is 32.2. The van der Waals surface area contributed by atoms with Gasteiger partial charge in [0.1, 0.15) is 23.9 Å². The number of rotatable bonds is 10. The molecule has 0 aromatic carbocycles. The van der Waals surface area contributed by atoms with Crippen molar-refractivity contribution < 1.29 is 27.0 Å². The van der Waals surface area contributed by atoms with Crippen LogP contribution in [0, 0.1) is 13.8 Å². The number of sulfone groups is 1. The quantitative estimate of drug-likeness (QED) is 0.296. The molecule has 37 heavy (non-hydrogen) atoms. The lowest BCUT2D eigenvalue weighted by atomic mass is 10.2. The Balaban J connectivity index is 1.82. The summed E-state index contributed by atoms with van der Waals surface area (Å²) < 4.78 is 50.9. The SMILES string of the molecule is COc1ncnc(OC)c1-n1c(CS(=O)(=O)[C@@H](C)[C@H](OC)c2ncc(C)cn2)nnc1-c1ccc(C)o1. The lowest BCUT2D eigenvalue weighted by Crippen LogP contribution is -2.30. The van der Waals surface area contributed by atoms with Gasteiger partial charge in [-0.1, -0.05) is 0 Å². The van der Waals surface area contributed by atoms with Gasteiger partial charge in [-0.15, -0.1) is 10.2 Å². The summed E-state index contributed by atoms with van der Waals surface area (Å²) in [6.45, 7) is 5.16. The van der Waals surface area contributed by atoms with E-state index in [0.717, 1.165) is 5.56 Å². The van der Waals surface area contributed by atoms with Crippen LogP contribution in [0.15, 0.2) is 35.3 Å². The Morgan fingerprint density at radius 1 is 0.973 bits per heavy atom. The lowest BCUT2D eigenvalue weighted by Gasteiger charge is -2.22. The molecule has 4 rings (SSSR count). The molecule has 0 radical (unpaired) electrons. The molecule has 196 valence electrons. The molecule has 0 unspecified atom stereocenters. The van der Waals surface area contributed by atoms with E-state index in [9.17, 15) is 8.42 Å². The molecule has 0 spiro atoms. The zero-order chi connectivity index (χ0) is 26.7. The van der Waals surface area contributed by atoms with Gasteiger partial charge in [-0.3, -0.25) is 4.57 Å². The van der Waals surface area contributed by atoms with Crippen molar-refractivity contribution in [2.45, 2.75) is 37.9 Å². The van der Waals surface area contributed by atoms with Crippen molar-refractivity contribution in [1.29, 1.82) is 0 Å². The van der Waals surface area contributed by atoms with E-state index in [1.807, 2.05) is 6.92 Å². The summed E-state index contributed by atoms with van der Waals surface area (Å²) in [5, 5.41) is 7.42. The Morgan fingerprint density at radius 2 is 1.62 bits per heavy atom. The molecular weight excluding hydrogens is 502 g/mol. The molecule has 13 nitrogen and oxygen atoms in total.